The van der Waals surface area contributed by atoms with Gasteiger partial charge in [0.05, 0.1) is 6.89 Å². The number of ether oxygens (including phenoxy) is 8. The Morgan fingerprint density at radius 1 is 0.277 bits per heavy atom. The highest BCUT2D eigenvalue weighted by atomic mass is 31.0. The third-order valence-corrected chi connectivity index (χ3v) is 11.5. The number of carbonyl (C=O) groups is 5. The summed E-state index contributed by atoms with van der Waals surface area (Å²) in [4.78, 5) is 51.8. The number of phenolic OH excluding ortho intramolecular Hbond substituents is 4. The predicted molar refractivity (Wildman–Crippen MR) is 362 cm³/mol. The number of rotatable bonds is 19. The van der Waals surface area contributed by atoms with Gasteiger partial charge in [0.2, 0.25) is 0 Å². The summed E-state index contributed by atoms with van der Waals surface area (Å²) in [6.45, 7) is 2.16. The van der Waals surface area contributed by atoms with Crippen molar-refractivity contribution in [2.45, 2.75) is 14.9 Å². The highest BCUT2D eigenvalue weighted by Crippen LogP contribution is 2.32. The number of hydrogen-bond donors (Lipinski definition) is 4. The molecule has 4 N–H and O–H groups in total. The minimum atomic E-state index is -0.319. The van der Waals surface area contributed by atoms with Gasteiger partial charge >= 0.3 is 0 Å². The first-order valence-corrected chi connectivity index (χ1v) is 27.8. The van der Waals surface area contributed by atoms with E-state index in [1.54, 1.807) is 218 Å². The molecule has 475 valence electrons. The van der Waals surface area contributed by atoms with Crippen LogP contribution >= 0.6 is 9.12 Å². The Bertz CT molecular complexity index is 3710. The first kappa shape index (κ1) is 74.3. The van der Waals surface area contributed by atoms with Crippen molar-refractivity contribution >= 4 is 55.5 Å². The van der Waals surface area contributed by atoms with Crippen molar-refractivity contribution < 1.29 is 86.7 Å². The van der Waals surface area contributed by atoms with Crippen LogP contribution in [-0.2, 0) is 9.59 Å². The van der Waals surface area contributed by atoms with Gasteiger partial charge in [-0.3, -0.25) is 24.0 Å². The molecule has 0 saturated heterocycles. The Morgan fingerprint density at radius 3 is 0.585 bits per heavy atom. The van der Waals surface area contributed by atoms with E-state index in [9.17, 15) is 38.6 Å². The number of benzene rings is 11. The first-order valence-electron chi connectivity index (χ1n) is 27.2. The molecule has 0 saturated carbocycles. The fourth-order valence-corrected chi connectivity index (χ4v) is 7.08. The van der Waals surface area contributed by atoms with Crippen molar-refractivity contribution in [3.63, 3.8) is 0 Å². The molecule has 11 aromatic rings. The van der Waals surface area contributed by atoms with E-state index in [0.717, 1.165) is 12.6 Å². The van der Waals surface area contributed by atoms with Crippen LogP contribution in [0.1, 0.15) is 45.9 Å². The third-order valence-electron chi connectivity index (χ3n) is 11.5. The van der Waals surface area contributed by atoms with E-state index in [-0.39, 0.29) is 43.7 Å². The van der Waals surface area contributed by atoms with Crippen LogP contribution in [0.3, 0.4) is 0 Å². The van der Waals surface area contributed by atoms with Gasteiger partial charge in [-0.15, -0.1) is 0 Å². The van der Waals surface area contributed by atoms with Crippen molar-refractivity contribution in [2.24, 2.45) is 0 Å². The van der Waals surface area contributed by atoms with Crippen LogP contribution in [0.4, 0.5) is 4.39 Å². The molecular weight excluding hydrogens is 1220 g/mol. The molecule has 0 fully saturated rings. The summed E-state index contributed by atoms with van der Waals surface area (Å²) in [5.41, 5.74) is 1.70. The summed E-state index contributed by atoms with van der Waals surface area (Å²) < 4.78 is 55.7. The number of hydrogen-bond acceptors (Lipinski definition) is 17. The molecule has 0 amide bonds. The molecule has 11 rings (SSSR count). The summed E-state index contributed by atoms with van der Waals surface area (Å²) in [5, 5.41) is 35.7. The highest BCUT2D eigenvalue weighted by molar-refractivity contribution is 7.65. The van der Waals surface area contributed by atoms with Gasteiger partial charge in [0.15, 0.2) is 0 Å². The molecule has 94 heavy (non-hydrogen) atoms. The van der Waals surface area contributed by atoms with E-state index in [2.05, 4.69) is 16.9 Å². The van der Waals surface area contributed by atoms with E-state index < -0.39 is 0 Å². The minimum absolute atomic E-state index is 0. The average molecular weight is 1280 g/mol. The van der Waals surface area contributed by atoms with Crippen LogP contribution in [0.5, 0.6) is 103 Å². The fourth-order valence-electron chi connectivity index (χ4n) is 7.08. The van der Waals surface area contributed by atoms with Crippen LogP contribution in [0.2, 0.25) is 0 Å². The maximum absolute atomic E-state index is 12.1. The standard InChI is InChI=1S/C20H14O6.C20H14O4.C18H14O4.C7H5FO.C6H6O2.2CH4.B2H2P/c21-13-23-15-1-5-17(6-2-15)25-19-9-11-20(12-10-19)26-18-7-3-16(4-8-18)24-14-22;21-13-15-1-5-17(6-2-15)23-19-9-11-20(12-10-19)24-18-7-3-16(14-22)4-8-18;19-13-1-5-15(6-2-13)21-17-9-11-18(12-10-17)22-16-7-3-14(20)4-8-16;8-7-3-1-6(5-9)2-4-7;7-5-1-2-6(8)4-3-5;;;1-2-3/h1-14H;1-14H;1-12,19-20H;1-5H;1-4,7-8H;2*1H4;3H2. The van der Waals surface area contributed by atoms with Crippen LogP contribution in [0.25, 0.3) is 0 Å². The number of carbonyl (C=O) groups excluding carboxylic acids is 5. The van der Waals surface area contributed by atoms with Gasteiger partial charge in [0, 0.05) is 24.4 Å². The van der Waals surface area contributed by atoms with Crippen molar-refractivity contribution in [1.29, 1.82) is 0 Å². The Balaban J connectivity index is 0.000000259. The molecule has 0 spiro atoms. The topological polar surface area (TPSA) is 240 Å². The van der Waals surface area contributed by atoms with E-state index in [0.29, 0.717) is 116 Å². The molecule has 0 aliphatic rings. The summed E-state index contributed by atoms with van der Waals surface area (Å²) in [5.74, 6) is 9.06. The molecule has 11 aromatic carbocycles. The third kappa shape index (κ3) is 27.7. The predicted octanol–water partition coefficient (Wildman–Crippen LogP) is 17.5. The molecule has 21 heteroatoms. The zero-order valence-electron chi connectivity index (χ0n) is 48.5. The number of aromatic hydroxyl groups is 4. The molecule has 3 radical (unpaired) electrons. The molecule has 17 nitrogen and oxygen atoms in total. The molecule has 0 aliphatic carbocycles. The smallest absolute Gasteiger partial charge is 0.298 e. The largest absolute Gasteiger partial charge is 0.508 e. The lowest BCUT2D eigenvalue weighted by molar-refractivity contribution is -0.121. The van der Waals surface area contributed by atoms with Crippen molar-refractivity contribution in [3.8, 4) is 103 Å². The second kappa shape index (κ2) is 41.2. The summed E-state index contributed by atoms with van der Waals surface area (Å²) in [6.07, 6.45) is 2.26. The first-order chi connectivity index (χ1) is 44.7. The maximum atomic E-state index is 12.1. The fraction of sp³-hybridized carbons (Fsp3) is 0.0274. The summed E-state index contributed by atoms with van der Waals surface area (Å²) in [7, 11) is 6.92. The van der Waals surface area contributed by atoms with Gasteiger partial charge in [-0.2, -0.15) is 9.12 Å². The van der Waals surface area contributed by atoms with Crippen molar-refractivity contribution in [3.05, 3.63) is 289 Å². The van der Waals surface area contributed by atoms with Crippen LogP contribution < -0.4 is 37.9 Å². The van der Waals surface area contributed by atoms with Gasteiger partial charge in [0.1, 0.15) is 128 Å². The molecule has 1 atom stereocenters. The Kier molecular flexibility index (Phi) is 32.6. The van der Waals surface area contributed by atoms with Crippen molar-refractivity contribution in [2.75, 3.05) is 0 Å². The zero-order valence-corrected chi connectivity index (χ0v) is 49.7. The lowest BCUT2D eigenvalue weighted by Gasteiger charge is -2.09. The Labute approximate surface area is 547 Å². The molecule has 0 aliphatic heterocycles. The maximum Gasteiger partial charge on any atom is 0.298 e. The molecule has 1 unspecified atom stereocenters. The van der Waals surface area contributed by atoms with E-state index in [1.165, 1.54) is 55.4 Å². The average Bonchev–Trinajstić information content (AvgIpc) is 2.81. The normalized spacial score (nSPS) is 9.43. The van der Waals surface area contributed by atoms with Crippen LogP contribution in [0.15, 0.2) is 267 Å². The quantitative estimate of drug-likeness (QED) is 0.0255. The second-order valence-corrected chi connectivity index (χ2v) is 18.5. The lowest BCUT2D eigenvalue weighted by Crippen LogP contribution is -1.90. The van der Waals surface area contributed by atoms with Gasteiger partial charge in [0.25, 0.3) is 12.9 Å². The monoisotopic (exact) mass is 1280 g/mol. The SMILES string of the molecule is C.C.O=COc1ccc(Oc2ccc(Oc3ccc(OC=O)cc3)cc2)cc1.O=Cc1ccc(F)cc1.O=Cc1ccc(Oc2ccc(Oc3ccc(C=O)cc3)cc2)cc1.Oc1ccc(O)cc1.Oc1ccc(Oc2ccc(Oc3ccc(O)cc3)cc2)cc1.[B][B]P. The lowest BCUT2D eigenvalue weighted by atomic mass is 9.79. The highest BCUT2D eigenvalue weighted by Gasteiger charge is 2.06. The molecule has 0 heterocycles. The van der Waals surface area contributed by atoms with Crippen LogP contribution in [-0.4, -0.2) is 66.9 Å². The van der Waals surface area contributed by atoms with E-state index in [4.69, 9.17) is 48.1 Å². The van der Waals surface area contributed by atoms with Crippen LogP contribution in [0, 0.1) is 5.82 Å². The zero-order chi connectivity index (χ0) is 65.7. The number of phenols is 4. The van der Waals surface area contributed by atoms with Gasteiger partial charge < -0.3 is 58.3 Å². The molecule has 0 aromatic heterocycles. The summed E-state index contributed by atoms with van der Waals surface area (Å²) in [6, 6.07) is 72.7. The van der Waals surface area contributed by atoms with Crippen molar-refractivity contribution in [1.82, 2.24) is 0 Å². The van der Waals surface area contributed by atoms with E-state index >= 15 is 0 Å². The minimum Gasteiger partial charge on any atom is -0.508 e. The van der Waals surface area contributed by atoms with Gasteiger partial charge in [-0.05, 0) is 267 Å². The van der Waals surface area contributed by atoms with E-state index in [1.807, 2.05) is 0 Å². The van der Waals surface area contributed by atoms with Gasteiger partial charge in [-0.25, -0.2) is 4.39 Å². The number of aldehydes is 3. The number of halogens is 1. The molecular formula is C73H63B2FO17P. The Morgan fingerprint density at radius 2 is 0.415 bits per heavy atom. The summed E-state index contributed by atoms with van der Waals surface area (Å²) >= 11 is 0. The van der Waals surface area contributed by atoms with Gasteiger partial charge in [-0.1, -0.05) is 14.9 Å². The molecule has 0 bridgehead atoms. The Hall–Kier alpha value is -12.1. The second-order valence-electron chi connectivity index (χ2n) is 18.1.